The number of hydrogen-bond acceptors (Lipinski definition) is 5. The molecule has 0 bridgehead atoms. The van der Waals surface area contributed by atoms with Gasteiger partial charge in [-0.2, -0.15) is 0 Å². The van der Waals surface area contributed by atoms with Gasteiger partial charge in [-0.25, -0.2) is 8.78 Å². The first-order valence-corrected chi connectivity index (χ1v) is 6.41. The van der Waals surface area contributed by atoms with Crippen LogP contribution in [0, 0.1) is 0 Å². The van der Waals surface area contributed by atoms with E-state index in [-0.39, 0.29) is 29.5 Å². The van der Waals surface area contributed by atoms with Crippen LogP contribution in [0.25, 0.3) is 0 Å². The Morgan fingerprint density at radius 2 is 1.86 bits per heavy atom. The summed E-state index contributed by atoms with van der Waals surface area (Å²) in [5.41, 5.74) is -0.0778. The second-order valence-corrected chi connectivity index (χ2v) is 4.85. The van der Waals surface area contributed by atoms with E-state index < -0.39 is 18.6 Å². The summed E-state index contributed by atoms with van der Waals surface area (Å²) in [6, 6.07) is 2.05. The molecule has 1 aromatic rings. The minimum atomic E-state index is -3.41. The maximum absolute atomic E-state index is 14.1. The number of aromatic hydroxyl groups is 2. The van der Waals surface area contributed by atoms with Crippen molar-refractivity contribution >= 4 is 12.4 Å². The lowest BCUT2D eigenvalue weighted by Gasteiger charge is -2.38. The van der Waals surface area contributed by atoms with Crippen LogP contribution in [0.2, 0.25) is 0 Å². The highest BCUT2D eigenvalue weighted by molar-refractivity contribution is 5.85. The van der Waals surface area contributed by atoms with Crippen molar-refractivity contribution in [1.29, 1.82) is 0 Å². The average molecular weight is 325 g/mol. The van der Waals surface area contributed by atoms with E-state index in [2.05, 4.69) is 5.32 Å². The lowest BCUT2D eigenvalue weighted by molar-refractivity contribution is -0.119. The molecule has 2 rings (SSSR count). The zero-order valence-corrected chi connectivity index (χ0v) is 12.1. The number of aliphatic hydroxyl groups is 1. The van der Waals surface area contributed by atoms with E-state index in [9.17, 15) is 19.0 Å². The van der Waals surface area contributed by atoms with E-state index in [1.165, 1.54) is 17.0 Å². The van der Waals surface area contributed by atoms with Crippen molar-refractivity contribution in [2.45, 2.75) is 12.0 Å². The number of hydrogen-bond donors (Lipinski definition) is 4. The number of phenolic OH excluding ortho intramolecular Hbond substituents is 2. The number of halogens is 3. The number of rotatable bonds is 4. The van der Waals surface area contributed by atoms with E-state index in [1.54, 1.807) is 0 Å². The van der Waals surface area contributed by atoms with Gasteiger partial charge in [0.05, 0.1) is 0 Å². The zero-order chi connectivity index (χ0) is 14.8. The minimum Gasteiger partial charge on any atom is -0.508 e. The molecule has 5 nitrogen and oxygen atoms in total. The number of nitrogens with zero attached hydrogens (tertiary/aromatic N) is 1. The van der Waals surface area contributed by atoms with Crippen molar-refractivity contribution in [3.63, 3.8) is 0 Å². The average Bonchev–Trinajstić information content (AvgIpc) is 2.44. The van der Waals surface area contributed by atoms with Crippen molar-refractivity contribution in [2.24, 2.45) is 0 Å². The van der Waals surface area contributed by atoms with Gasteiger partial charge in [-0.1, -0.05) is 0 Å². The second-order valence-electron chi connectivity index (χ2n) is 4.85. The Hall–Kier alpha value is -1.15. The quantitative estimate of drug-likeness (QED) is 0.624. The van der Waals surface area contributed by atoms with Crippen LogP contribution in [-0.4, -0.2) is 58.9 Å². The maximum atomic E-state index is 14.1. The Morgan fingerprint density at radius 1 is 1.24 bits per heavy atom. The first-order chi connectivity index (χ1) is 9.45. The van der Waals surface area contributed by atoms with E-state index >= 15 is 0 Å². The molecule has 0 radical (unpaired) electrons. The summed E-state index contributed by atoms with van der Waals surface area (Å²) in [5.74, 6) is -3.94. The van der Waals surface area contributed by atoms with Crippen molar-refractivity contribution in [3.8, 4) is 11.5 Å². The van der Waals surface area contributed by atoms with E-state index in [0.29, 0.717) is 26.2 Å². The normalized spacial score (nSPS) is 18.0. The van der Waals surface area contributed by atoms with Gasteiger partial charge in [0.2, 0.25) is 0 Å². The zero-order valence-electron chi connectivity index (χ0n) is 11.3. The summed E-state index contributed by atoms with van der Waals surface area (Å²) < 4.78 is 28.2. The molecule has 1 heterocycles. The van der Waals surface area contributed by atoms with Crippen LogP contribution in [-0.2, 0) is 0 Å². The van der Waals surface area contributed by atoms with Gasteiger partial charge in [-0.05, 0) is 18.2 Å². The summed E-state index contributed by atoms with van der Waals surface area (Å²) in [6.45, 7) is 0.524. The highest BCUT2D eigenvalue weighted by Crippen LogP contribution is 2.41. The molecule has 0 aromatic heterocycles. The van der Waals surface area contributed by atoms with Crippen molar-refractivity contribution in [2.75, 3.05) is 32.8 Å². The van der Waals surface area contributed by atoms with Gasteiger partial charge < -0.3 is 20.6 Å². The molecule has 1 aliphatic heterocycles. The molecule has 120 valence electrons. The third-order valence-electron chi connectivity index (χ3n) is 3.43. The second kappa shape index (κ2) is 7.22. The number of alkyl halides is 2. The molecule has 0 saturated carbocycles. The number of aliphatic hydroxyl groups excluding tert-OH is 1. The monoisotopic (exact) mass is 324 g/mol. The molecule has 1 atom stereocenters. The Balaban J connectivity index is 0.00000220. The van der Waals surface area contributed by atoms with E-state index in [0.717, 1.165) is 6.07 Å². The highest BCUT2D eigenvalue weighted by atomic mass is 35.5. The molecule has 0 unspecified atom stereocenters. The molecule has 8 heteroatoms. The predicted octanol–water partition coefficient (Wildman–Crippen LogP) is 1.09. The summed E-state index contributed by atoms with van der Waals surface area (Å²) >= 11 is 0. The van der Waals surface area contributed by atoms with E-state index in [4.69, 9.17) is 5.11 Å². The van der Waals surface area contributed by atoms with Gasteiger partial charge in [0.25, 0.3) is 5.92 Å². The number of phenols is 2. The van der Waals surface area contributed by atoms with Crippen LogP contribution in [0.1, 0.15) is 11.6 Å². The molecule has 1 aromatic carbocycles. The van der Waals surface area contributed by atoms with Gasteiger partial charge in [-0.15, -0.1) is 12.4 Å². The Morgan fingerprint density at radius 3 is 2.43 bits per heavy atom. The first kappa shape index (κ1) is 17.9. The van der Waals surface area contributed by atoms with Crippen LogP contribution >= 0.6 is 12.4 Å². The maximum Gasteiger partial charge on any atom is 0.290 e. The molecule has 21 heavy (non-hydrogen) atoms. The number of benzene rings is 1. The largest absolute Gasteiger partial charge is 0.508 e. The van der Waals surface area contributed by atoms with Crippen LogP contribution in [0.15, 0.2) is 18.2 Å². The predicted molar refractivity (Wildman–Crippen MR) is 76.2 cm³/mol. The summed E-state index contributed by atoms with van der Waals surface area (Å²) in [4.78, 5) is 1.50. The Labute approximate surface area is 127 Å². The standard InChI is InChI=1S/C13H18F2N2O3.ClH/c14-13(15,8-18)12(17-5-3-16-4-6-17)10-7-9(19)1-2-11(10)20;/h1-2,7,12,16,18-20H,3-6,8H2;1H/t12-;/m1./s1. The summed E-state index contributed by atoms with van der Waals surface area (Å²) in [7, 11) is 0. The Bertz CT molecular complexity index is 471. The molecule has 1 fully saturated rings. The smallest absolute Gasteiger partial charge is 0.290 e. The van der Waals surface area contributed by atoms with Gasteiger partial charge in [-0.3, -0.25) is 4.90 Å². The third-order valence-corrected chi connectivity index (χ3v) is 3.43. The van der Waals surface area contributed by atoms with E-state index in [1.807, 2.05) is 0 Å². The van der Waals surface area contributed by atoms with Gasteiger partial charge in [0.1, 0.15) is 24.1 Å². The third kappa shape index (κ3) is 3.94. The molecule has 4 N–H and O–H groups in total. The fourth-order valence-corrected chi connectivity index (χ4v) is 2.48. The number of nitrogens with one attached hydrogen (secondary N) is 1. The van der Waals surface area contributed by atoms with Crippen LogP contribution in [0.4, 0.5) is 8.78 Å². The molecule has 0 spiro atoms. The summed E-state index contributed by atoms with van der Waals surface area (Å²) in [6.07, 6.45) is 0. The molecular weight excluding hydrogens is 306 g/mol. The molecule has 0 amide bonds. The summed E-state index contributed by atoms with van der Waals surface area (Å²) in [5, 5.41) is 31.3. The Kier molecular flexibility index (Phi) is 6.15. The lowest BCUT2D eigenvalue weighted by atomic mass is 9.97. The van der Waals surface area contributed by atoms with Gasteiger partial charge in [0, 0.05) is 31.7 Å². The van der Waals surface area contributed by atoms with Crippen LogP contribution in [0.3, 0.4) is 0 Å². The minimum absolute atomic E-state index is 0. The first-order valence-electron chi connectivity index (χ1n) is 6.41. The van der Waals surface area contributed by atoms with Crippen LogP contribution in [0.5, 0.6) is 11.5 Å². The van der Waals surface area contributed by atoms with Crippen molar-refractivity contribution in [3.05, 3.63) is 23.8 Å². The molecule has 1 saturated heterocycles. The molecule has 0 aliphatic carbocycles. The molecule has 1 aliphatic rings. The molecular formula is C13H19ClF2N2O3. The van der Waals surface area contributed by atoms with Crippen LogP contribution < -0.4 is 5.32 Å². The van der Waals surface area contributed by atoms with Crippen molar-refractivity contribution < 1.29 is 24.1 Å². The fraction of sp³-hybridized carbons (Fsp3) is 0.538. The van der Waals surface area contributed by atoms with Gasteiger partial charge in [0.15, 0.2) is 0 Å². The topological polar surface area (TPSA) is 76.0 Å². The van der Waals surface area contributed by atoms with Crippen molar-refractivity contribution in [1.82, 2.24) is 10.2 Å². The number of piperazine rings is 1. The fourth-order valence-electron chi connectivity index (χ4n) is 2.48. The highest BCUT2D eigenvalue weighted by Gasteiger charge is 2.45. The SMILES string of the molecule is Cl.OCC(F)(F)[C@@H](c1cc(O)ccc1O)N1CCNCC1. The lowest BCUT2D eigenvalue weighted by Crippen LogP contribution is -2.51. The van der Waals surface area contributed by atoms with Gasteiger partial charge >= 0.3 is 0 Å².